The molecule has 0 aromatic heterocycles. The van der Waals surface area contributed by atoms with Crippen LogP contribution in [0.15, 0.2) is 78.9 Å². The summed E-state index contributed by atoms with van der Waals surface area (Å²) in [6, 6.07) is 26.2. The van der Waals surface area contributed by atoms with Gasteiger partial charge in [0.05, 0.1) is 5.92 Å². The Labute approximate surface area is 159 Å². The fourth-order valence-electron chi connectivity index (χ4n) is 3.75. The molecule has 0 heterocycles. The Balaban J connectivity index is 1.72. The van der Waals surface area contributed by atoms with E-state index in [0.29, 0.717) is 12.2 Å². The third-order valence-corrected chi connectivity index (χ3v) is 5.20. The summed E-state index contributed by atoms with van der Waals surface area (Å²) in [6.07, 6.45) is 0.656. The van der Waals surface area contributed by atoms with Crippen molar-refractivity contribution in [3.8, 4) is 5.75 Å². The lowest BCUT2D eigenvalue weighted by Gasteiger charge is -2.18. The molecule has 1 atom stereocenters. The molecule has 1 unspecified atom stereocenters. The average molecular weight is 354 g/mol. The Morgan fingerprint density at radius 1 is 0.778 bits per heavy atom. The smallest absolute Gasteiger partial charge is 0.314 e. The van der Waals surface area contributed by atoms with Crippen molar-refractivity contribution in [1.82, 2.24) is 0 Å². The predicted molar refractivity (Wildman–Crippen MR) is 111 cm³/mol. The van der Waals surface area contributed by atoms with Crippen molar-refractivity contribution in [3.63, 3.8) is 0 Å². The summed E-state index contributed by atoms with van der Waals surface area (Å²) in [6.45, 7) is 4.09. The monoisotopic (exact) mass is 354 g/mol. The molecule has 0 spiro atoms. The normalized spacial score (nSPS) is 12.2. The first kappa shape index (κ1) is 17.3. The van der Waals surface area contributed by atoms with Gasteiger partial charge in [0.25, 0.3) is 0 Å². The first-order chi connectivity index (χ1) is 13.1. The van der Waals surface area contributed by atoms with Gasteiger partial charge in [-0.1, -0.05) is 73.7 Å². The highest BCUT2D eigenvalue weighted by molar-refractivity contribution is 6.10. The van der Waals surface area contributed by atoms with Crippen molar-refractivity contribution in [1.29, 1.82) is 0 Å². The van der Waals surface area contributed by atoms with Crippen molar-refractivity contribution in [2.75, 3.05) is 0 Å². The molecule has 0 aliphatic heterocycles. The van der Waals surface area contributed by atoms with E-state index in [2.05, 4.69) is 55.5 Å². The molecule has 0 fully saturated rings. The molecule has 134 valence electrons. The van der Waals surface area contributed by atoms with E-state index in [1.807, 2.05) is 25.1 Å². The molecule has 0 saturated heterocycles. The molecule has 0 aliphatic rings. The standard InChI is InChI=1S/C25H22O2/c1-17(25(26)27-19-10-4-3-5-11-19)16-24-18(2)20-12-6-7-13-21(20)22-14-8-9-15-23(22)24/h3-15,17H,16H2,1-2H3. The second-order valence-corrected chi connectivity index (χ2v) is 7.03. The van der Waals surface area contributed by atoms with Crippen molar-refractivity contribution >= 4 is 27.5 Å². The van der Waals surface area contributed by atoms with Gasteiger partial charge >= 0.3 is 5.97 Å². The number of aryl methyl sites for hydroxylation is 1. The van der Waals surface area contributed by atoms with Gasteiger partial charge in [0.1, 0.15) is 5.75 Å². The number of fused-ring (bicyclic) bond motifs is 3. The van der Waals surface area contributed by atoms with Crippen LogP contribution in [-0.4, -0.2) is 5.97 Å². The fourth-order valence-corrected chi connectivity index (χ4v) is 3.75. The topological polar surface area (TPSA) is 26.3 Å². The summed E-state index contributed by atoms with van der Waals surface area (Å²) < 4.78 is 5.55. The molecule has 0 aliphatic carbocycles. The summed E-state index contributed by atoms with van der Waals surface area (Å²) in [4.78, 5) is 12.6. The largest absolute Gasteiger partial charge is 0.426 e. The minimum atomic E-state index is -0.228. The van der Waals surface area contributed by atoms with Crippen LogP contribution in [-0.2, 0) is 11.2 Å². The van der Waals surface area contributed by atoms with Crippen LogP contribution in [0.4, 0.5) is 0 Å². The quantitative estimate of drug-likeness (QED) is 0.252. The first-order valence-electron chi connectivity index (χ1n) is 9.31. The van der Waals surface area contributed by atoms with Gasteiger partial charge in [-0.25, -0.2) is 0 Å². The van der Waals surface area contributed by atoms with Crippen LogP contribution in [0.3, 0.4) is 0 Å². The van der Waals surface area contributed by atoms with Crippen LogP contribution in [0.2, 0.25) is 0 Å². The summed E-state index contributed by atoms with van der Waals surface area (Å²) in [5, 5.41) is 4.95. The maximum Gasteiger partial charge on any atom is 0.314 e. The molecule has 4 aromatic carbocycles. The molecule has 0 bridgehead atoms. The van der Waals surface area contributed by atoms with Gasteiger partial charge in [-0.3, -0.25) is 4.79 Å². The summed E-state index contributed by atoms with van der Waals surface area (Å²) in [5.74, 6) is 0.167. The number of benzene rings is 4. The van der Waals surface area contributed by atoms with Gasteiger partial charge < -0.3 is 4.74 Å². The zero-order valence-electron chi connectivity index (χ0n) is 15.6. The Morgan fingerprint density at radius 2 is 1.30 bits per heavy atom. The lowest BCUT2D eigenvalue weighted by atomic mass is 9.88. The fraction of sp³-hybridized carbons (Fsp3) is 0.160. The van der Waals surface area contributed by atoms with Crippen LogP contribution in [0.1, 0.15) is 18.1 Å². The maximum atomic E-state index is 12.6. The van der Waals surface area contributed by atoms with Gasteiger partial charge in [-0.05, 0) is 58.1 Å². The number of esters is 1. The molecule has 2 nitrogen and oxygen atoms in total. The molecule has 2 heteroatoms. The van der Waals surface area contributed by atoms with Gasteiger partial charge in [0, 0.05) is 0 Å². The number of carbonyl (C=O) groups excluding carboxylic acids is 1. The van der Waals surface area contributed by atoms with Crippen LogP contribution >= 0.6 is 0 Å². The third-order valence-electron chi connectivity index (χ3n) is 5.20. The number of hydrogen-bond acceptors (Lipinski definition) is 2. The SMILES string of the molecule is Cc1c(CC(C)C(=O)Oc2ccccc2)c2ccccc2c2ccccc12. The zero-order chi connectivity index (χ0) is 18.8. The van der Waals surface area contributed by atoms with E-state index in [-0.39, 0.29) is 11.9 Å². The minimum absolute atomic E-state index is 0.196. The minimum Gasteiger partial charge on any atom is -0.426 e. The Kier molecular flexibility index (Phi) is 4.64. The maximum absolute atomic E-state index is 12.6. The first-order valence-corrected chi connectivity index (χ1v) is 9.31. The molecular formula is C25H22O2. The summed E-state index contributed by atoms with van der Waals surface area (Å²) in [7, 11) is 0. The highest BCUT2D eigenvalue weighted by Gasteiger charge is 2.20. The van der Waals surface area contributed by atoms with Gasteiger partial charge in [0.15, 0.2) is 0 Å². The summed E-state index contributed by atoms with van der Waals surface area (Å²) in [5.41, 5.74) is 2.46. The molecule has 0 N–H and O–H groups in total. The lowest BCUT2D eigenvalue weighted by Crippen LogP contribution is -2.20. The van der Waals surface area contributed by atoms with Crippen LogP contribution in [0, 0.1) is 12.8 Å². The van der Waals surface area contributed by atoms with E-state index in [4.69, 9.17) is 4.74 Å². The van der Waals surface area contributed by atoms with Gasteiger partial charge in [0.2, 0.25) is 0 Å². The van der Waals surface area contributed by atoms with E-state index in [1.54, 1.807) is 12.1 Å². The molecule has 0 radical (unpaired) electrons. The highest BCUT2D eigenvalue weighted by atomic mass is 16.5. The Bertz CT molecular complexity index is 1110. The molecule has 27 heavy (non-hydrogen) atoms. The highest BCUT2D eigenvalue weighted by Crippen LogP contribution is 2.33. The number of hydrogen-bond donors (Lipinski definition) is 0. The number of rotatable bonds is 4. The molecule has 0 saturated carbocycles. The predicted octanol–water partition coefficient (Wildman–Crippen LogP) is 6.09. The van der Waals surface area contributed by atoms with E-state index in [1.165, 1.54) is 32.7 Å². The van der Waals surface area contributed by atoms with E-state index in [9.17, 15) is 4.79 Å². The van der Waals surface area contributed by atoms with Crippen LogP contribution in [0.5, 0.6) is 5.75 Å². The third kappa shape index (κ3) is 3.31. The Morgan fingerprint density at radius 3 is 1.96 bits per heavy atom. The van der Waals surface area contributed by atoms with E-state index >= 15 is 0 Å². The lowest BCUT2D eigenvalue weighted by molar-refractivity contribution is -0.138. The van der Waals surface area contributed by atoms with Crippen LogP contribution in [0.25, 0.3) is 21.5 Å². The second kappa shape index (κ2) is 7.24. The number of carbonyl (C=O) groups is 1. The van der Waals surface area contributed by atoms with Crippen molar-refractivity contribution in [2.45, 2.75) is 20.3 Å². The van der Waals surface area contributed by atoms with E-state index in [0.717, 1.165) is 0 Å². The van der Waals surface area contributed by atoms with Gasteiger partial charge in [-0.2, -0.15) is 0 Å². The molecular weight excluding hydrogens is 332 g/mol. The van der Waals surface area contributed by atoms with E-state index < -0.39 is 0 Å². The average Bonchev–Trinajstić information content (AvgIpc) is 2.71. The van der Waals surface area contributed by atoms with Crippen LogP contribution < -0.4 is 4.74 Å². The molecule has 0 amide bonds. The summed E-state index contributed by atoms with van der Waals surface area (Å²) >= 11 is 0. The number of ether oxygens (including phenoxy) is 1. The van der Waals surface area contributed by atoms with Crippen molar-refractivity contribution in [2.24, 2.45) is 5.92 Å². The Hall–Kier alpha value is -3.13. The number of para-hydroxylation sites is 1. The van der Waals surface area contributed by atoms with Crippen molar-refractivity contribution < 1.29 is 9.53 Å². The molecule has 4 aromatic rings. The second-order valence-electron chi connectivity index (χ2n) is 7.03. The van der Waals surface area contributed by atoms with Crippen molar-refractivity contribution in [3.05, 3.63) is 90.0 Å². The van der Waals surface area contributed by atoms with Gasteiger partial charge in [-0.15, -0.1) is 0 Å². The zero-order valence-corrected chi connectivity index (χ0v) is 15.6. The molecule has 4 rings (SSSR count).